The molecule has 0 atom stereocenters. The summed E-state index contributed by atoms with van der Waals surface area (Å²) in [5.74, 6) is -0.332. The number of thiazole rings is 1. The molecule has 0 fully saturated rings. The summed E-state index contributed by atoms with van der Waals surface area (Å²) in [4.78, 5) is 17.4. The minimum Gasteiger partial charge on any atom is -0.298 e. The molecule has 112 valence electrons. The smallest absolute Gasteiger partial charge is 0.257 e. The lowest BCUT2D eigenvalue weighted by molar-refractivity contribution is 0.102. The maximum absolute atomic E-state index is 12.1. The van der Waals surface area contributed by atoms with Crippen LogP contribution in [0.25, 0.3) is 0 Å². The molecule has 2 rings (SSSR count). The second-order valence-electron chi connectivity index (χ2n) is 4.57. The van der Waals surface area contributed by atoms with Gasteiger partial charge >= 0.3 is 0 Å². The van der Waals surface area contributed by atoms with Crippen molar-refractivity contribution >= 4 is 38.1 Å². The standard InChI is InChI=1S/C13H15N3O3S2/c1-8-9(2)20-13(14-8)15-12(17)10-5-4-6-11(7-10)16-21(3,18)19/h4-7,16H,1-3H3,(H,14,15,17). The van der Waals surface area contributed by atoms with Gasteiger partial charge in [0.05, 0.1) is 11.9 Å². The van der Waals surface area contributed by atoms with Gasteiger partial charge in [0.15, 0.2) is 5.13 Å². The van der Waals surface area contributed by atoms with Gasteiger partial charge in [0, 0.05) is 16.1 Å². The third-order valence-corrected chi connectivity index (χ3v) is 4.27. The van der Waals surface area contributed by atoms with Crippen molar-refractivity contribution in [2.75, 3.05) is 16.3 Å². The van der Waals surface area contributed by atoms with Gasteiger partial charge < -0.3 is 0 Å². The molecule has 21 heavy (non-hydrogen) atoms. The Kier molecular flexibility index (Phi) is 4.29. The monoisotopic (exact) mass is 325 g/mol. The number of nitrogens with zero attached hydrogens (tertiary/aromatic N) is 1. The highest BCUT2D eigenvalue weighted by atomic mass is 32.2. The Hall–Kier alpha value is -1.93. The van der Waals surface area contributed by atoms with Crippen LogP contribution in [0.2, 0.25) is 0 Å². The summed E-state index contributed by atoms with van der Waals surface area (Å²) >= 11 is 1.40. The van der Waals surface area contributed by atoms with E-state index >= 15 is 0 Å². The first-order chi connectivity index (χ1) is 9.74. The summed E-state index contributed by atoms with van der Waals surface area (Å²) < 4.78 is 24.7. The van der Waals surface area contributed by atoms with Crippen molar-refractivity contribution in [3.63, 3.8) is 0 Å². The zero-order valence-electron chi connectivity index (χ0n) is 11.8. The Morgan fingerprint density at radius 3 is 2.57 bits per heavy atom. The van der Waals surface area contributed by atoms with Crippen LogP contribution < -0.4 is 10.0 Å². The molecule has 0 radical (unpaired) electrons. The van der Waals surface area contributed by atoms with E-state index in [1.54, 1.807) is 18.2 Å². The first-order valence-corrected chi connectivity index (χ1v) is 8.78. The molecule has 0 bridgehead atoms. The number of carbonyl (C=O) groups excluding carboxylic acids is 1. The lowest BCUT2D eigenvalue weighted by Crippen LogP contribution is -2.13. The van der Waals surface area contributed by atoms with Crippen molar-refractivity contribution in [2.45, 2.75) is 13.8 Å². The number of hydrogen-bond donors (Lipinski definition) is 2. The van der Waals surface area contributed by atoms with Crippen LogP contribution in [-0.4, -0.2) is 25.6 Å². The first kappa shape index (κ1) is 15.5. The summed E-state index contributed by atoms with van der Waals surface area (Å²) in [6.45, 7) is 3.80. The van der Waals surface area contributed by atoms with E-state index in [1.165, 1.54) is 17.4 Å². The topological polar surface area (TPSA) is 88.2 Å². The van der Waals surface area contributed by atoms with Gasteiger partial charge in [-0.3, -0.25) is 14.8 Å². The Bertz CT molecular complexity index is 762. The summed E-state index contributed by atoms with van der Waals surface area (Å²) in [5, 5.41) is 3.23. The minimum absolute atomic E-state index is 0.332. The molecule has 1 amide bonds. The van der Waals surface area contributed by atoms with Gasteiger partial charge in [-0.2, -0.15) is 0 Å². The molecule has 0 unspecified atom stereocenters. The quantitative estimate of drug-likeness (QED) is 0.903. The molecule has 0 saturated carbocycles. The summed E-state index contributed by atoms with van der Waals surface area (Å²) in [5.41, 5.74) is 1.58. The highest BCUT2D eigenvalue weighted by molar-refractivity contribution is 7.92. The van der Waals surface area contributed by atoms with Crippen LogP contribution in [0.1, 0.15) is 20.9 Å². The fourth-order valence-corrected chi connectivity index (χ4v) is 3.00. The summed E-state index contributed by atoms with van der Waals surface area (Å²) in [7, 11) is -3.37. The van der Waals surface area contributed by atoms with Crippen LogP contribution in [0.3, 0.4) is 0 Å². The molecular formula is C13H15N3O3S2. The van der Waals surface area contributed by atoms with Crippen molar-refractivity contribution in [2.24, 2.45) is 0 Å². The van der Waals surface area contributed by atoms with Gasteiger partial charge in [-0.15, -0.1) is 11.3 Å². The van der Waals surface area contributed by atoms with Gasteiger partial charge in [-0.05, 0) is 32.0 Å². The number of hydrogen-bond acceptors (Lipinski definition) is 5. The largest absolute Gasteiger partial charge is 0.298 e. The molecule has 0 aliphatic carbocycles. The Morgan fingerprint density at radius 2 is 2.00 bits per heavy atom. The van der Waals surface area contributed by atoms with Crippen molar-refractivity contribution < 1.29 is 13.2 Å². The van der Waals surface area contributed by atoms with E-state index in [2.05, 4.69) is 15.0 Å². The normalized spacial score (nSPS) is 11.2. The molecule has 2 N–H and O–H groups in total. The van der Waals surface area contributed by atoms with Crippen molar-refractivity contribution in [3.8, 4) is 0 Å². The average molecular weight is 325 g/mol. The number of amides is 1. The second-order valence-corrected chi connectivity index (χ2v) is 7.52. The van der Waals surface area contributed by atoms with E-state index in [9.17, 15) is 13.2 Å². The van der Waals surface area contributed by atoms with Crippen LogP contribution in [0.4, 0.5) is 10.8 Å². The van der Waals surface area contributed by atoms with Gasteiger partial charge in [0.2, 0.25) is 10.0 Å². The molecule has 0 spiro atoms. The van der Waals surface area contributed by atoms with Gasteiger partial charge in [-0.25, -0.2) is 13.4 Å². The van der Waals surface area contributed by atoms with Gasteiger partial charge in [0.1, 0.15) is 0 Å². The number of sulfonamides is 1. The Labute approximate surface area is 127 Å². The van der Waals surface area contributed by atoms with E-state index in [-0.39, 0.29) is 5.91 Å². The molecule has 1 aromatic heterocycles. The average Bonchev–Trinajstić information content (AvgIpc) is 2.66. The van der Waals surface area contributed by atoms with E-state index in [0.29, 0.717) is 16.4 Å². The number of anilines is 2. The number of aryl methyl sites for hydroxylation is 2. The highest BCUT2D eigenvalue weighted by Crippen LogP contribution is 2.22. The van der Waals surface area contributed by atoms with E-state index in [4.69, 9.17) is 0 Å². The molecule has 2 aromatic rings. The predicted octanol–water partition coefficient (Wildman–Crippen LogP) is 2.38. The zero-order chi connectivity index (χ0) is 15.6. The zero-order valence-corrected chi connectivity index (χ0v) is 13.4. The van der Waals surface area contributed by atoms with Crippen LogP contribution in [0.15, 0.2) is 24.3 Å². The maximum atomic E-state index is 12.1. The number of nitrogens with one attached hydrogen (secondary N) is 2. The third-order valence-electron chi connectivity index (χ3n) is 2.68. The molecule has 6 nitrogen and oxygen atoms in total. The summed E-state index contributed by atoms with van der Waals surface area (Å²) in [6, 6.07) is 6.27. The van der Waals surface area contributed by atoms with Crippen LogP contribution in [0, 0.1) is 13.8 Å². The number of aromatic nitrogens is 1. The molecule has 1 aromatic carbocycles. The lowest BCUT2D eigenvalue weighted by Gasteiger charge is -2.06. The minimum atomic E-state index is -3.37. The van der Waals surface area contributed by atoms with Crippen LogP contribution >= 0.6 is 11.3 Å². The maximum Gasteiger partial charge on any atom is 0.257 e. The first-order valence-electron chi connectivity index (χ1n) is 6.08. The number of rotatable bonds is 4. The molecule has 1 heterocycles. The molecule has 8 heteroatoms. The van der Waals surface area contributed by atoms with Crippen molar-refractivity contribution in [3.05, 3.63) is 40.4 Å². The van der Waals surface area contributed by atoms with Crippen LogP contribution in [-0.2, 0) is 10.0 Å². The SMILES string of the molecule is Cc1nc(NC(=O)c2cccc(NS(C)(=O)=O)c2)sc1C. The van der Waals surface area contributed by atoms with E-state index < -0.39 is 10.0 Å². The van der Waals surface area contributed by atoms with Crippen molar-refractivity contribution in [1.82, 2.24) is 4.98 Å². The van der Waals surface area contributed by atoms with Crippen LogP contribution in [0.5, 0.6) is 0 Å². The second kappa shape index (κ2) is 5.82. The Morgan fingerprint density at radius 1 is 1.29 bits per heavy atom. The third kappa shape index (κ3) is 4.27. The van der Waals surface area contributed by atoms with E-state index in [0.717, 1.165) is 16.8 Å². The molecule has 0 aliphatic rings. The number of carbonyl (C=O) groups is 1. The van der Waals surface area contributed by atoms with Gasteiger partial charge in [-0.1, -0.05) is 6.07 Å². The molecular weight excluding hydrogens is 310 g/mol. The van der Waals surface area contributed by atoms with Crippen molar-refractivity contribution in [1.29, 1.82) is 0 Å². The fourth-order valence-electron chi connectivity index (χ4n) is 1.63. The Balaban J connectivity index is 2.17. The number of benzene rings is 1. The highest BCUT2D eigenvalue weighted by Gasteiger charge is 2.11. The molecule has 0 aliphatic heterocycles. The summed E-state index contributed by atoms with van der Waals surface area (Å²) in [6.07, 6.45) is 1.06. The molecule has 0 saturated heterocycles. The van der Waals surface area contributed by atoms with E-state index in [1.807, 2.05) is 13.8 Å². The predicted molar refractivity (Wildman–Crippen MR) is 84.4 cm³/mol. The lowest BCUT2D eigenvalue weighted by atomic mass is 10.2. The van der Waals surface area contributed by atoms with Gasteiger partial charge in [0.25, 0.3) is 5.91 Å². The fraction of sp³-hybridized carbons (Fsp3) is 0.231.